The number of nitrogens with one attached hydrogen (secondary N) is 1. The van der Waals surface area contributed by atoms with Gasteiger partial charge in [0.15, 0.2) is 5.76 Å². The maximum atomic E-state index is 12.9. The molecule has 2 aromatic heterocycles. The molecule has 5 heterocycles. The van der Waals surface area contributed by atoms with E-state index in [4.69, 9.17) is 4.42 Å². The van der Waals surface area contributed by atoms with Crippen LogP contribution < -0.4 is 5.32 Å². The van der Waals surface area contributed by atoms with Crippen molar-refractivity contribution in [1.29, 1.82) is 0 Å². The lowest BCUT2D eigenvalue weighted by atomic mass is 9.79. The van der Waals surface area contributed by atoms with Crippen molar-refractivity contribution >= 4 is 17.4 Å². The van der Waals surface area contributed by atoms with Gasteiger partial charge in [-0.1, -0.05) is 24.3 Å². The molecule has 3 fully saturated rings. The Labute approximate surface area is 168 Å². The number of amides is 1. The summed E-state index contributed by atoms with van der Waals surface area (Å²) in [5.41, 5.74) is 2.04. The maximum Gasteiger partial charge on any atom is 0.287 e. The fourth-order valence-electron chi connectivity index (χ4n) is 4.64. The number of furan rings is 1. The molecule has 3 aliphatic rings. The molecular weight excluding hydrogens is 370 g/mol. The van der Waals surface area contributed by atoms with Gasteiger partial charge in [-0.25, -0.2) is 4.37 Å². The van der Waals surface area contributed by atoms with E-state index in [1.165, 1.54) is 24.4 Å². The lowest BCUT2D eigenvalue weighted by Crippen LogP contribution is -2.62. The predicted octanol–water partition coefficient (Wildman–Crippen LogP) is 4.28. The van der Waals surface area contributed by atoms with Crippen LogP contribution in [0.4, 0.5) is 0 Å². The lowest BCUT2D eigenvalue weighted by Gasteiger charge is -2.49. The second-order valence-corrected chi connectivity index (χ2v) is 8.53. The molecule has 3 aliphatic heterocycles. The van der Waals surface area contributed by atoms with Crippen LogP contribution in [0.3, 0.4) is 0 Å². The highest BCUT2D eigenvalue weighted by atomic mass is 32.1. The Hall–Kier alpha value is -2.44. The number of fused-ring (bicyclic) bond motifs is 3. The number of nitrogens with zero attached hydrogens (tertiary/aromatic N) is 2. The van der Waals surface area contributed by atoms with Crippen LogP contribution in [-0.4, -0.2) is 40.4 Å². The number of piperidine rings is 3. The first kappa shape index (κ1) is 17.6. The molecule has 3 aromatic rings. The number of carbonyl (C=O) groups excluding carboxylic acids is 1. The van der Waals surface area contributed by atoms with Gasteiger partial charge in [-0.05, 0) is 68.5 Å². The highest BCUT2D eigenvalue weighted by molar-refractivity contribution is 7.09. The van der Waals surface area contributed by atoms with Crippen molar-refractivity contribution in [2.45, 2.75) is 31.8 Å². The van der Waals surface area contributed by atoms with Gasteiger partial charge >= 0.3 is 0 Å². The summed E-state index contributed by atoms with van der Waals surface area (Å²) in [4.78, 5) is 16.4. The summed E-state index contributed by atoms with van der Waals surface area (Å²) in [7, 11) is 0. The number of carbonyl (C=O) groups is 1. The van der Waals surface area contributed by atoms with Gasteiger partial charge < -0.3 is 9.73 Å². The Kier molecular flexibility index (Phi) is 4.53. The largest absolute Gasteiger partial charge is 0.451 e. The van der Waals surface area contributed by atoms with Crippen LogP contribution in [0.2, 0.25) is 0 Å². The van der Waals surface area contributed by atoms with Gasteiger partial charge in [-0.15, -0.1) is 0 Å². The van der Waals surface area contributed by atoms with E-state index in [9.17, 15) is 4.79 Å². The number of hydrogen-bond acceptors (Lipinski definition) is 5. The first-order valence-electron chi connectivity index (χ1n) is 9.86. The molecule has 1 aromatic carbocycles. The van der Waals surface area contributed by atoms with Crippen LogP contribution in [0.15, 0.2) is 53.1 Å². The van der Waals surface area contributed by atoms with Gasteiger partial charge in [0.25, 0.3) is 5.91 Å². The molecule has 0 unspecified atom stereocenters. The van der Waals surface area contributed by atoms with E-state index in [0.717, 1.165) is 29.1 Å². The molecule has 1 N–H and O–H groups in total. The monoisotopic (exact) mass is 393 g/mol. The minimum Gasteiger partial charge on any atom is -0.451 e. The fraction of sp³-hybridized carbons (Fsp3) is 0.364. The first-order chi connectivity index (χ1) is 13.7. The summed E-state index contributed by atoms with van der Waals surface area (Å²) in [5, 5.41) is 3.24. The molecule has 144 valence electrons. The van der Waals surface area contributed by atoms with Crippen molar-refractivity contribution < 1.29 is 9.21 Å². The third-order valence-corrected chi connectivity index (χ3v) is 6.98. The second-order valence-electron chi connectivity index (χ2n) is 7.70. The molecule has 0 radical (unpaired) electrons. The minimum atomic E-state index is -0.118. The van der Waals surface area contributed by atoms with Crippen LogP contribution in [0, 0.1) is 5.92 Å². The Morgan fingerprint density at radius 1 is 1.14 bits per heavy atom. The Bertz CT molecular complexity index is 971. The van der Waals surface area contributed by atoms with Crippen molar-refractivity contribution in [1.82, 2.24) is 14.6 Å². The zero-order valence-corrected chi connectivity index (χ0v) is 16.6. The fourth-order valence-corrected chi connectivity index (χ4v) is 5.27. The molecule has 2 bridgehead atoms. The van der Waals surface area contributed by atoms with Crippen LogP contribution in [0.1, 0.15) is 30.3 Å². The van der Waals surface area contributed by atoms with E-state index in [-0.39, 0.29) is 11.9 Å². The predicted molar refractivity (Wildman–Crippen MR) is 110 cm³/mol. The van der Waals surface area contributed by atoms with E-state index in [2.05, 4.69) is 27.6 Å². The second kappa shape index (κ2) is 7.18. The smallest absolute Gasteiger partial charge is 0.287 e. The molecule has 0 aliphatic carbocycles. The van der Waals surface area contributed by atoms with Gasteiger partial charge in [0, 0.05) is 29.4 Å². The zero-order chi connectivity index (χ0) is 19.1. The van der Waals surface area contributed by atoms with Crippen LogP contribution in [0.25, 0.3) is 21.8 Å². The molecule has 28 heavy (non-hydrogen) atoms. The molecule has 0 saturated carbocycles. The third kappa shape index (κ3) is 3.06. The first-order valence-corrected chi connectivity index (χ1v) is 10.6. The third-order valence-electron chi connectivity index (χ3n) is 6.20. The van der Waals surface area contributed by atoms with Crippen molar-refractivity contribution in [3.63, 3.8) is 0 Å². The van der Waals surface area contributed by atoms with Crippen molar-refractivity contribution in [2.75, 3.05) is 13.1 Å². The van der Waals surface area contributed by atoms with Crippen LogP contribution >= 0.6 is 11.5 Å². The van der Waals surface area contributed by atoms with Crippen molar-refractivity contribution in [3.05, 3.63) is 54.4 Å². The standard InChI is InChI=1S/C22H23N3O2S/c1-14-21(15-9-12-25(14)13-10-15)24-22(26)19-7-6-18(27-19)16-4-2-3-5-17(16)20-8-11-23-28-20/h2-8,11,14-15,21H,9-10,12-13H2,1H3,(H,24,26)/t14-,21-/m0/s1. The SMILES string of the molecule is C[C@H]1[C@H](NC(=O)c2ccc(-c3ccccc3-c3ccns3)o2)C2CCN1CC2. The topological polar surface area (TPSA) is 58.4 Å². The molecule has 5 nitrogen and oxygen atoms in total. The van der Waals surface area contributed by atoms with E-state index in [0.29, 0.717) is 23.5 Å². The van der Waals surface area contributed by atoms with Gasteiger partial charge in [0.2, 0.25) is 0 Å². The molecule has 6 heteroatoms. The molecule has 1 amide bonds. The molecule has 0 spiro atoms. The van der Waals surface area contributed by atoms with Gasteiger partial charge in [0.1, 0.15) is 5.76 Å². The number of rotatable bonds is 4. The van der Waals surface area contributed by atoms with Gasteiger partial charge in [0.05, 0.1) is 4.88 Å². The zero-order valence-electron chi connectivity index (χ0n) is 15.8. The highest BCUT2D eigenvalue weighted by Gasteiger charge is 2.40. The van der Waals surface area contributed by atoms with Crippen molar-refractivity contribution in [3.8, 4) is 21.8 Å². The summed E-state index contributed by atoms with van der Waals surface area (Å²) in [5.74, 6) is 1.53. The Morgan fingerprint density at radius 2 is 1.93 bits per heavy atom. The molecule has 6 rings (SSSR count). The van der Waals surface area contributed by atoms with E-state index in [1.54, 1.807) is 12.3 Å². The summed E-state index contributed by atoms with van der Waals surface area (Å²) in [6, 6.07) is 14.3. The number of aromatic nitrogens is 1. The van der Waals surface area contributed by atoms with Gasteiger partial charge in [-0.2, -0.15) is 0 Å². The quantitative estimate of drug-likeness (QED) is 0.719. The van der Waals surface area contributed by atoms with Gasteiger partial charge in [-0.3, -0.25) is 9.69 Å². The summed E-state index contributed by atoms with van der Waals surface area (Å²) in [6.45, 7) is 4.52. The summed E-state index contributed by atoms with van der Waals surface area (Å²) in [6.07, 6.45) is 4.13. The summed E-state index contributed by atoms with van der Waals surface area (Å²) >= 11 is 1.45. The van der Waals surface area contributed by atoms with E-state index >= 15 is 0 Å². The Balaban J connectivity index is 1.38. The van der Waals surface area contributed by atoms with E-state index < -0.39 is 0 Å². The normalized spacial score (nSPS) is 26.3. The lowest BCUT2D eigenvalue weighted by molar-refractivity contribution is 0.0211. The average molecular weight is 394 g/mol. The maximum absolute atomic E-state index is 12.9. The highest BCUT2D eigenvalue weighted by Crippen LogP contribution is 2.35. The summed E-state index contributed by atoms with van der Waals surface area (Å²) < 4.78 is 10.2. The Morgan fingerprint density at radius 3 is 2.64 bits per heavy atom. The molecule has 2 atom stereocenters. The molecule has 3 saturated heterocycles. The minimum absolute atomic E-state index is 0.118. The number of benzene rings is 1. The van der Waals surface area contributed by atoms with Crippen LogP contribution in [-0.2, 0) is 0 Å². The van der Waals surface area contributed by atoms with Crippen molar-refractivity contribution in [2.24, 2.45) is 5.92 Å². The number of hydrogen-bond donors (Lipinski definition) is 1. The van der Waals surface area contributed by atoms with Crippen LogP contribution in [0.5, 0.6) is 0 Å². The molecular formula is C22H23N3O2S. The van der Waals surface area contributed by atoms with E-state index in [1.807, 2.05) is 30.3 Å². The average Bonchev–Trinajstić information content (AvgIpc) is 3.43.